The Kier molecular flexibility index (Phi) is 20.3. The minimum atomic E-state index is -1.21. The Hall–Kier alpha value is -9.51. The predicted molar refractivity (Wildman–Crippen MR) is 341 cm³/mol. The smallest absolute Gasteiger partial charge is 0.327 e. The molecule has 4 atom stereocenters. The summed E-state index contributed by atoms with van der Waals surface area (Å²) in [6.07, 6.45) is 0. The molecule has 22 heteroatoms. The molecule has 94 heavy (non-hydrogen) atoms. The normalized spacial score (nSPS) is 15.5. The van der Waals surface area contributed by atoms with E-state index in [9.17, 15) is 78.0 Å². The van der Waals surface area contributed by atoms with Crippen molar-refractivity contribution in [1.82, 2.24) is 19.6 Å². The van der Waals surface area contributed by atoms with Gasteiger partial charge in [0.25, 0.3) is 47.3 Å². The number of hydrogen-bond acceptors (Lipinski definition) is 12. The number of aliphatic carboxylic acids is 4. The van der Waals surface area contributed by atoms with Crippen LogP contribution in [0.5, 0.6) is 0 Å². The van der Waals surface area contributed by atoms with Crippen molar-refractivity contribution < 1.29 is 117 Å². The van der Waals surface area contributed by atoms with Gasteiger partial charge < -0.3 is 20.4 Å². The Labute approximate surface area is 566 Å². The monoisotopic (exact) mass is 1450 g/mol. The third-order valence-electron chi connectivity index (χ3n) is 16.4. The first-order chi connectivity index (χ1) is 42.9. The van der Waals surface area contributed by atoms with E-state index in [2.05, 4.69) is 0 Å². The zero-order valence-electron chi connectivity index (χ0n) is 53.3. The van der Waals surface area contributed by atoms with E-state index in [4.69, 9.17) is 0 Å². The summed E-state index contributed by atoms with van der Waals surface area (Å²) < 4.78 is 0. The molecule has 0 saturated heterocycles. The molecule has 0 spiro atoms. The minimum absolute atomic E-state index is 0. The number of rotatable bonds is 8. The standard InChI is InChI=1S/4C18H17NO4.2Rh/c4*1-18(2,3)14(17(22)23)19-15(20)12-8-10-6-4-5-7-11(10)9-13(12)16(19)21;;/h4*4-9,14H,1-3H3,(H,22,23);;/t4*14-;;/m1111../s1. The van der Waals surface area contributed by atoms with Gasteiger partial charge in [-0.15, -0.1) is 0 Å². The quantitative estimate of drug-likeness (QED) is 0.0812. The van der Waals surface area contributed by atoms with E-state index in [-0.39, 0.29) is 83.5 Å². The molecule has 0 saturated carbocycles. The molecular formula is C72H68N4O16Rh2. The molecular weight excluding hydrogens is 1380 g/mol. The summed E-state index contributed by atoms with van der Waals surface area (Å²) in [4.78, 5) is 152. The minimum Gasteiger partial charge on any atom is -0.480 e. The second kappa shape index (κ2) is 26.5. The third kappa shape index (κ3) is 13.4. The molecule has 0 fully saturated rings. The van der Waals surface area contributed by atoms with Gasteiger partial charge in [-0.3, -0.25) is 58.0 Å². The summed E-state index contributed by atoms with van der Waals surface area (Å²) in [5.41, 5.74) is -0.919. The SMILES string of the molecule is CC(C)(C)[C@@H](C(=O)O)N1C(=O)c2cc3ccccc3cc2C1=O.CC(C)(C)[C@@H](C(=O)O)N1C(=O)c2cc3ccccc3cc2C1=O.CC(C)(C)[C@@H](C(=O)O)N1C(=O)c2cc3ccccc3cc2C1=O.CC(C)(C)[C@@H](C(=O)O)N1C(=O)c2cc3ccccc3cc2C1=O.[Rh].[Rh]. The molecule has 0 bridgehead atoms. The van der Waals surface area contributed by atoms with E-state index in [0.717, 1.165) is 62.7 Å². The van der Waals surface area contributed by atoms with Crippen LogP contribution in [0.25, 0.3) is 43.1 Å². The van der Waals surface area contributed by atoms with Gasteiger partial charge in [0.1, 0.15) is 24.2 Å². The van der Waals surface area contributed by atoms with Crippen LogP contribution in [0.2, 0.25) is 0 Å². The van der Waals surface area contributed by atoms with Crippen LogP contribution in [0.15, 0.2) is 146 Å². The Balaban J connectivity index is 0.000000176. The van der Waals surface area contributed by atoms with Crippen LogP contribution in [0, 0.1) is 21.7 Å². The maximum Gasteiger partial charge on any atom is 0.327 e. The maximum atomic E-state index is 12.7. The van der Waals surface area contributed by atoms with E-state index >= 15 is 0 Å². The van der Waals surface area contributed by atoms with Crippen LogP contribution in [-0.2, 0) is 58.1 Å². The summed E-state index contributed by atoms with van der Waals surface area (Å²) in [7, 11) is 0. The zero-order chi connectivity index (χ0) is 67.8. The number of imide groups is 4. The molecule has 8 aromatic carbocycles. The molecule has 4 N–H and O–H groups in total. The van der Waals surface area contributed by atoms with Crippen LogP contribution in [0.1, 0.15) is 166 Å². The summed E-state index contributed by atoms with van der Waals surface area (Å²) >= 11 is 0. The fourth-order valence-electron chi connectivity index (χ4n) is 12.2. The van der Waals surface area contributed by atoms with Crippen LogP contribution in [0.4, 0.5) is 0 Å². The largest absolute Gasteiger partial charge is 0.480 e. The Morgan fingerprint density at radius 3 is 0.447 bits per heavy atom. The molecule has 8 aromatic rings. The number of carbonyl (C=O) groups excluding carboxylic acids is 8. The van der Waals surface area contributed by atoms with Gasteiger partial charge in [-0.25, -0.2) is 19.2 Å². The van der Waals surface area contributed by atoms with Crippen molar-refractivity contribution in [2.75, 3.05) is 0 Å². The summed E-state index contributed by atoms with van der Waals surface area (Å²) in [6.45, 7) is 20.4. The van der Waals surface area contributed by atoms with Crippen molar-refractivity contribution in [3.63, 3.8) is 0 Å². The van der Waals surface area contributed by atoms with E-state index < -0.39 is 117 Å². The van der Waals surface area contributed by atoms with Gasteiger partial charge in [0.15, 0.2) is 0 Å². The van der Waals surface area contributed by atoms with Gasteiger partial charge in [-0.05, 0) is 113 Å². The van der Waals surface area contributed by atoms with E-state index in [0.29, 0.717) is 0 Å². The second-order valence-corrected chi connectivity index (χ2v) is 27.3. The van der Waals surface area contributed by atoms with Crippen LogP contribution < -0.4 is 0 Å². The van der Waals surface area contributed by atoms with Crippen LogP contribution >= 0.6 is 0 Å². The van der Waals surface area contributed by atoms with E-state index in [1.165, 1.54) is 0 Å². The van der Waals surface area contributed by atoms with Gasteiger partial charge in [0.05, 0.1) is 44.5 Å². The number of amides is 8. The average molecular weight is 1450 g/mol. The van der Waals surface area contributed by atoms with Gasteiger partial charge >= 0.3 is 23.9 Å². The predicted octanol–water partition coefficient (Wildman–Crippen LogP) is 11.7. The Morgan fingerprint density at radius 2 is 0.362 bits per heavy atom. The first-order valence-corrected chi connectivity index (χ1v) is 29.4. The Morgan fingerprint density at radius 1 is 0.255 bits per heavy atom. The second-order valence-electron chi connectivity index (χ2n) is 27.3. The summed E-state index contributed by atoms with van der Waals surface area (Å²) in [6, 6.07) is 38.1. The van der Waals surface area contributed by atoms with Crippen molar-refractivity contribution in [3.05, 3.63) is 190 Å². The van der Waals surface area contributed by atoms with Crippen molar-refractivity contribution in [2.24, 2.45) is 21.7 Å². The molecule has 4 aliphatic heterocycles. The number of fused-ring (bicyclic) bond motifs is 8. The molecule has 20 nitrogen and oxygen atoms in total. The van der Waals surface area contributed by atoms with Crippen molar-refractivity contribution in [2.45, 2.75) is 107 Å². The van der Waals surface area contributed by atoms with Crippen molar-refractivity contribution in [3.8, 4) is 0 Å². The molecule has 4 heterocycles. The first kappa shape index (κ1) is 71.9. The number of carboxylic acid groups (broad SMARTS) is 4. The fraction of sp³-hybridized carbons (Fsp3) is 0.278. The fourth-order valence-corrected chi connectivity index (χ4v) is 12.2. The molecule has 2 radical (unpaired) electrons. The molecule has 12 rings (SSSR count). The molecule has 0 unspecified atom stereocenters. The number of nitrogens with zero attached hydrogens (tertiary/aromatic N) is 4. The summed E-state index contributed by atoms with van der Waals surface area (Å²) in [5, 5.41) is 44.9. The number of carboxylic acids is 4. The first-order valence-electron chi connectivity index (χ1n) is 29.4. The van der Waals surface area contributed by atoms with Gasteiger partial charge in [0, 0.05) is 39.0 Å². The summed E-state index contributed by atoms with van der Waals surface area (Å²) in [5.74, 6) is -9.08. The zero-order valence-corrected chi connectivity index (χ0v) is 56.6. The Bertz CT molecular complexity index is 3760. The molecule has 490 valence electrons. The van der Waals surface area contributed by atoms with Crippen LogP contribution in [0.3, 0.4) is 0 Å². The molecule has 0 aliphatic carbocycles. The van der Waals surface area contributed by atoms with Gasteiger partial charge in [-0.1, -0.05) is 180 Å². The maximum absolute atomic E-state index is 12.7. The van der Waals surface area contributed by atoms with Gasteiger partial charge in [0.2, 0.25) is 0 Å². The third-order valence-corrected chi connectivity index (χ3v) is 16.4. The van der Waals surface area contributed by atoms with Gasteiger partial charge in [-0.2, -0.15) is 0 Å². The molecule has 4 aliphatic rings. The van der Waals surface area contributed by atoms with Crippen molar-refractivity contribution in [1.29, 1.82) is 0 Å². The van der Waals surface area contributed by atoms with E-state index in [1.54, 1.807) is 132 Å². The topological polar surface area (TPSA) is 299 Å². The average Bonchev–Trinajstić information content (AvgIpc) is 1.62. The molecule has 0 aromatic heterocycles. The van der Waals surface area contributed by atoms with Crippen LogP contribution in [-0.4, -0.2) is 135 Å². The molecule has 8 amide bonds. The van der Waals surface area contributed by atoms with E-state index in [1.807, 2.05) is 97.1 Å². The van der Waals surface area contributed by atoms with Crippen molar-refractivity contribution >= 4 is 114 Å². The number of hydrogen-bond donors (Lipinski definition) is 4. The number of carbonyl (C=O) groups is 12. The number of benzene rings is 8.